The summed E-state index contributed by atoms with van der Waals surface area (Å²) in [6.45, 7) is 0. The first-order valence-electron chi connectivity index (χ1n) is 10.4. The summed E-state index contributed by atoms with van der Waals surface area (Å²) in [6.07, 6.45) is -2.07. The number of alkyl halides is 6. The minimum absolute atomic E-state index is 0.0105. The Kier molecular flexibility index (Phi) is 7.76. The number of carboxylic acids is 1. The lowest BCUT2D eigenvalue weighted by molar-refractivity contribution is -0.192. The first kappa shape index (κ1) is 26.8. The Morgan fingerprint density at radius 1 is 1.14 bits per heavy atom. The molecule has 1 fully saturated rings. The zero-order valence-corrected chi connectivity index (χ0v) is 18.2. The minimum atomic E-state index is -5.08. The highest BCUT2D eigenvalue weighted by molar-refractivity contribution is 6.08. The molecule has 1 amide bonds. The van der Waals surface area contributed by atoms with Gasteiger partial charge in [0.1, 0.15) is 11.4 Å². The number of amides is 1. The van der Waals surface area contributed by atoms with Gasteiger partial charge in [0.25, 0.3) is 5.91 Å². The lowest BCUT2D eigenvalue weighted by Crippen LogP contribution is -2.42. The standard InChI is InChI=1S/C18H19F3N6O2.C2HF3O2/c19-18(20,21)15-13(6-8-29-15)25-17(28)10-9-23-27-7-5-14(26-16(10)27)24-12-4-2-1-3-11(12)22;3-2(4,5)1(6)7/h5-9,11-12H,1-4,22H2,(H,24,26)(H,25,28);(H,6,7)/t11-,12+;/m0./s1. The molecule has 0 unspecified atom stereocenters. The molecular weight excluding hydrogens is 502 g/mol. The normalized spacial score (nSPS) is 18.3. The van der Waals surface area contributed by atoms with Crippen LogP contribution in [0.25, 0.3) is 5.65 Å². The van der Waals surface area contributed by atoms with Crippen molar-refractivity contribution in [3.8, 4) is 0 Å². The number of hydrogen-bond donors (Lipinski definition) is 4. The molecule has 2 atom stereocenters. The highest BCUT2D eigenvalue weighted by Crippen LogP contribution is 2.35. The van der Waals surface area contributed by atoms with Crippen LogP contribution < -0.4 is 16.4 Å². The Bertz CT molecular complexity index is 1220. The van der Waals surface area contributed by atoms with Gasteiger partial charge in [0.2, 0.25) is 5.76 Å². The summed E-state index contributed by atoms with van der Waals surface area (Å²) in [5, 5.41) is 16.7. The quantitative estimate of drug-likeness (QED) is 0.377. The van der Waals surface area contributed by atoms with E-state index in [1.807, 2.05) is 0 Å². The van der Waals surface area contributed by atoms with Crippen LogP contribution in [0.2, 0.25) is 0 Å². The Morgan fingerprint density at radius 3 is 2.42 bits per heavy atom. The van der Waals surface area contributed by atoms with Crippen LogP contribution in [0, 0.1) is 0 Å². The second kappa shape index (κ2) is 10.4. The summed E-state index contributed by atoms with van der Waals surface area (Å²) < 4.78 is 76.4. The Morgan fingerprint density at radius 2 is 1.81 bits per heavy atom. The van der Waals surface area contributed by atoms with Gasteiger partial charge in [0.05, 0.1) is 18.1 Å². The third-order valence-corrected chi connectivity index (χ3v) is 5.18. The Balaban J connectivity index is 0.000000454. The number of fused-ring (bicyclic) bond motifs is 1. The van der Waals surface area contributed by atoms with Crippen molar-refractivity contribution in [2.45, 2.75) is 50.1 Å². The molecule has 196 valence electrons. The number of aromatic nitrogens is 3. The fourth-order valence-electron chi connectivity index (χ4n) is 3.46. The van der Waals surface area contributed by atoms with E-state index in [-0.39, 0.29) is 23.3 Å². The molecule has 10 nitrogen and oxygen atoms in total. The lowest BCUT2D eigenvalue weighted by Gasteiger charge is -2.29. The number of hydrogen-bond acceptors (Lipinski definition) is 7. The maximum Gasteiger partial charge on any atom is 0.490 e. The predicted octanol–water partition coefficient (Wildman–Crippen LogP) is 3.91. The molecule has 3 aromatic rings. The van der Waals surface area contributed by atoms with Crippen molar-refractivity contribution in [2.24, 2.45) is 5.73 Å². The topological polar surface area (TPSA) is 148 Å². The highest BCUT2D eigenvalue weighted by atomic mass is 19.4. The SMILES string of the molecule is N[C@H]1CCCC[C@H]1Nc1ccn2ncc(C(=O)Nc3ccoc3C(F)(F)F)c2n1.O=C(O)C(F)(F)F. The summed E-state index contributed by atoms with van der Waals surface area (Å²) in [4.78, 5) is 25.9. The molecule has 3 heterocycles. The summed E-state index contributed by atoms with van der Waals surface area (Å²) in [5.74, 6) is -4.28. The number of anilines is 2. The summed E-state index contributed by atoms with van der Waals surface area (Å²) in [7, 11) is 0. The van der Waals surface area contributed by atoms with Gasteiger partial charge in [-0.05, 0) is 18.9 Å². The van der Waals surface area contributed by atoms with Gasteiger partial charge in [-0.15, -0.1) is 0 Å². The largest absolute Gasteiger partial charge is 0.490 e. The van der Waals surface area contributed by atoms with Crippen molar-refractivity contribution >= 4 is 29.0 Å². The van der Waals surface area contributed by atoms with Crippen molar-refractivity contribution < 1.29 is 45.5 Å². The van der Waals surface area contributed by atoms with Crippen molar-refractivity contribution in [1.82, 2.24) is 14.6 Å². The van der Waals surface area contributed by atoms with Crippen LogP contribution in [-0.4, -0.2) is 49.8 Å². The summed E-state index contributed by atoms with van der Waals surface area (Å²) in [5.41, 5.74) is 5.94. The minimum Gasteiger partial charge on any atom is -0.475 e. The molecule has 5 N–H and O–H groups in total. The van der Waals surface area contributed by atoms with E-state index >= 15 is 0 Å². The summed E-state index contributed by atoms with van der Waals surface area (Å²) in [6, 6.07) is 2.83. The van der Waals surface area contributed by atoms with Crippen LogP contribution >= 0.6 is 0 Å². The molecule has 4 rings (SSSR count). The van der Waals surface area contributed by atoms with Gasteiger partial charge in [-0.3, -0.25) is 4.79 Å². The van der Waals surface area contributed by atoms with Gasteiger partial charge in [0.15, 0.2) is 5.65 Å². The average Bonchev–Trinajstić information content (AvgIpc) is 3.42. The number of halogens is 6. The molecule has 16 heteroatoms. The van der Waals surface area contributed by atoms with Gasteiger partial charge >= 0.3 is 18.3 Å². The number of furan rings is 1. The van der Waals surface area contributed by atoms with E-state index in [2.05, 4.69) is 25.1 Å². The van der Waals surface area contributed by atoms with E-state index in [1.54, 1.807) is 12.3 Å². The second-order valence-electron chi connectivity index (χ2n) is 7.76. The zero-order valence-electron chi connectivity index (χ0n) is 18.2. The van der Waals surface area contributed by atoms with Crippen LogP contribution in [0.1, 0.15) is 41.8 Å². The number of nitrogens with two attached hydrogens (primary N) is 1. The number of nitrogens with one attached hydrogen (secondary N) is 2. The molecule has 0 aliphatic heterocycles. The second-order valence-corrected chi connectivity index (χ2v) is 7.76. The first-order valence-corrected chi connectivity index (χ1v) is 10.4. The van der Waals surface area contributed by atoms with E-state index in [4.69, 9.17) is 15.6 Å². The molecule has 0 spiro atoms. The van der Waals surface area contributed by atoms with Crippen molar-refractivity contribution in [3.05, 3.63) is 42.1 Å². The van der Waals surface area contributed by atoms with Crippen molar-refractivity contribution in [2.75, 3.05) is 10.6 Å². The maximum absolute atomic E-state index is 12.9. The van der Waals surface area contributed by atoms with Gasteiger partial charge in [0, 0.05) is 24.3 Å². The van der Waals surface area contributed by atoms with E-state index in [0.29, 0.717) is 5.82 Å². The number of carboxylic acid groups (broad SMARTS) is 1. The first-order chi connectivity index (χ1) is 16.8. The van der Waals surface area contributed by atoms with Gasteiger partial charge < -0.3 is 25.9 Å². The van der Waals surface area contributed by atoms with E-state index in [1.165, 1.54) is 10.7 Å². The van der Waals surface area contributed by atoms with Crippen LogP contribution in [0.4, 0.5) is 37.8 Å². The lowest BCUT2D eigenvalue weighted by atomic mass is 9.91. The number of aliphatic carboxylic acids is 1. The predicted molar refractivity (Wildman–Crippen MR) is 112 cm³/mol. The molecule has 0 aromatic carbocycles. The van der Waals surface area contributed by atoms with Gasteiger partial charge in [-0.2, -0.15) is 31.4 Å². The van der Waals surface area contributed by atoms with Crippen LogP contribution in [0.5, 0.6) is 0 Å². The molecule has 36 heavy (non-hydrogen) atoms. The van der Waals surface area contributed by atoms with Crippen LogP contribution in [0.15, 0.2) is 35.2 Å². The monoisotopic (exact) mass is 522 g/mol. The van der Waals surface area contributed by atoms with E-state index < -0.39 is 35.7 Å². The Labute approximate surface area is 198 Å². The number of nitrogens with zero attached hydrogens (tertiary/aromatic N) is 3. The smallest absolute Gasteiger partial charge is 0.475 e. The molecule has 0 saturated heterocycles. The van der Waals surface area contributed by atoms with Crippen molar-refractivity contribution in [1.29, 1.82) is 0 Å². The van der Waals surface area contributed by atoms with E-state index in [0.717, 1.165) is 38.0 Å². The molecule has 1 aliphatic rings. The fourth-order valence-corrected chi connectivity index (χ4v) is 3.46. The van der Waals surface area contributed by atoms with Crippen molar-refractivity contribution in [3.63, 3.8) is 0 Å². The van der Waals surface area contributed by atoms with Crippen LogP contribution in [0.3, 0.4) is 0 Å². The van der Waals surface area contributed by atoms with Crippen LogP contribution in [-0.2, 0) is 11.0 Å². The zero-order chi connectivity index (χ0) is 26.7. The third kappa shape index (κ3) is 6.44. The maximum atomic E-state index is 12.9. The van der Waals surface area contributed by atoms with E-state index in [9.17, 15) is 31.1 Å². The number of rotatable bonds is 4. The molecular formula is C20H20F6N6O4. The van der Waals surface area contributed by atoms with Gasteiger partial charge in [-0.1, -0.05) is 12.8 Å². The molecule has 1 aliphatic carbocycles. The number of carbonyl (C=O) groups excluding carboxylic acids is 1. The Hall–Kier alpha value is -3.82. The average molecular weight is 522 g/mol. The van der Waals surface area contributed by atoms with Gasteiger partial charge in [-0.25, -0.2) is 14.3 Å². The fraction of sp³-hybridized carbons (Fsp3) is 0.400. The summed E-state index contributed by atoms with van der Waals surface area (Å²) >= 11 is 0. The molecule has 3 aromatic heterocycles. The molecule has 0 radical (unpaired) electrons. The molecule has 1 saturated carbocycles. The molecule has 0 bridgehead atoms. The highest BCUT2D eigenvalue weighted by Gasteiger charge is 2.39. The third-order valence-electron chi connectivity index (χ3n) is 5.18. The number of carbonyl (C=O) groups is 2.